The highest BCUT2D eigenvalue weighted by Crippen LogP contribution is 2.43. The summed E-state index contributed by atoms with van der Waals surface area (Å²) in [6.07, 6.45) is 3.01. The molecular formula is C29H29FN4O3S. The van der Waals surface area contributed by atoms with Crippen molar-refractivity contribution >= 4 is 23.1 Å². The molecule has 1 N–H and O–H groups in total. The van der Waals surface area contributed by atoms with Crippen molar-refractivity contribution in [1.29, 1.82) is 0 Å². The minimum atomic E-state index is -0.410. The van der Waals surface area contributed by atoms with E-state index in [4.69, 9.17) is 9.47 Å². The van der Waals surface area contributed by atoms with Gasteiger partial charge in [0.25, 0.3) is 0 Å². The van der Waals surface area contributed by atoms with Crippen LogP contribution in [-0.2, 0) is 19.5 Å². The highest BCUT2D eigenvalue weighted by molar-refractivity contribution is 7.15. The number of likely N-dealkylation sites (N-methyl/N-ethyl adjacent to an activating group) is 1. The second kappa shape index (κ2) is 9.81. The lowest BCUT2D eigenvalue weighted by Crippen LogP contribution is -2.38. The van der Waals surface area contributed by atoms with E-state index in [1.807, 2.05) is 17.0 Å². The Hall–Kier alpha value is -3.82. The lowest BCUT2D eigenvalue weighted by atomic mass is 10.0. The molecule has 0 fully saturated rings. The summed E-state index contributed by atoms with van der Waals surface area (Å²) in [5, 5.41) is 4.22. The molecule has 2 aromatic carbocycles. The number of nitrogens with zero attached hydrogens (tertiary/aromatic N) is 3. The molecule has 2 aromatic heterocycles. The van der Waals surface area contributed by atoms with Gasteiger partial charge in [-0.2, -0.15) is 0 Å². The Balaban J connectivity index is 1.46. The minimum absolute atomic E-state index is 0.250. The number of thiophene rings is 1. The average molecular weight is 533 g/mol. The predicted octanol–water partition coefficient (Wildman–Crippen LogP) is 5.82. The van der Waals surface area contributed by atoms with Crippen LogP contribution in [0.2, 0.25) is 0 Å². The molecule has 2 amide bonds. The van der Waals surface area contributed by atoms with E-state index in [0.29, 0.717) is 23.7 Å². The molecule has 0 saturated carbocycles. The number of urea groups is 1. The molecule has 4 heterocycles. The van der Waals surface area contributed by atoms with Crippen LogP contribution in [0.3, 0.4) is 0 Å². The van der Waals surface area contributed by atoms with Gasteiger partial charge < -0.3 is 29.2 Å². The molecule has 9 heteroatoms. The molecule has 0 radical (unpaired) electrons. The van der Waals surface area contributed by atoms with E-state index in [1.165, 1.54) is 28.1 Å². The molecule has 0 bridgehead atoms. The summed E-state index contributed by atoms with van der Waals surface area (Å²) in [7, 11) is 5.28. The second-order valence-corrected chi connectivity index (χ2v) is 10.7. The summed E-state index contributed by atoms with van der Waals surface area (Å²) >= 11 is 1.80. The number of benzene rings is 2. The fourth-order valence-electron chi connectivity index (χ4n) is 5.46. The van der Waals surface area contributed by atoms with Crippen LogP contribution >= 0.6 is 11.3 Å². The number of ether oxygens (including phenoxy) is 2. The molecule has 6 rings (SSSR count). The fourth-order valence-corrected chi connectivity index (χ4v) is 6.90. The smallest absolute Gasteiger partial charge is 0.322 e. The van der Waals surface area contributed by atoms with E-state index in [9.17, 15) is 9.18 Å². The number of fused-ring (bicyclic) bond motifs is 5. The van der Waals surface area contributed by atoms with E-state index in [0.717, 1.165) is 35.8 Å². The Bertz CT molecular complexity index is 1500. The summed E-state index contributed by atoms with van der Waals surface area (Å²) in [4.78, 5) is 19.6. The molecular weight excluding hydrogens is 503 g/mol. The van der Waals surface area contributed by atoms with E-state index in [2.05, 4.69) is 28.0 Å². The fraction of sp³-hybridized carbons (Fsp3) is 0.276. The Kier molecular flexibility index (Phi) is 6.33. The molecule has 0 aliphatic carbocycles. The SMILES string of the molecule is COc1ccc(NC(=O)N2Cc3c(sc4c3CCN(C)C4)-n3cccc3[C@H]2c2ccc(F)cc2)cc1OC. The molecule has 7 nitrogen and oxygen atoms in total. The van der Waals surface area contributed by atoms with Crippen LogP contribution in [0.25, 0.3) is 5.00 Å². The molecule has 0 spiro atoms. The number of anilines is 1. The maximum atomic E-state index is 14.1. The summed E-state index contributed by atoms with van der Waals surface area (Å²) in [6, 6.07) is 15.1. The van der Waals surface area contributed by atoms with Gasteiger partial charge in [-0.25, -0.2) is 9.18 Å². The molecule has 1 atom stereocenters. The number of carbonyl (C=O) groups excluding carboxylic acids is 1. The highest BCUT2D eigenvalue weighted by atomic mass is 32.1. The van der Waals surface area contributed by atoms with Crippen LogP contribution in [-0.4, -0.2) is 48.2 Å². The first kappa shape index (κ1) is 24.5. The molecule has 2 aliphatic heterocycles. The van der Waals surface area contributed by atoms with Gasteiger partial charge in [0.2, 0.25) is 0 Å². The third-order valence-electron chi connectivity index (χ3n) is 7.34. The Morgan fingerprint density at radius 2 is 1.82 bits per heavy atom. The average Bonchev–Trinajstić information content (AvgIpc) is 3.50. The van der Waals surface area contributed by atoms with Gasteiger partial charge in [0.15, 0.2) is 11.5 Å². The Labute approximate surface area is 225 Å². The maximum Gasteiger partial charge on any atom is 0.322 e. The van der Waals surface area contributed by atoms with Crippen molar-refractivity contribution in [3.05, 3.63) is 93.9 Å². The van der Waals surface area contributed by atoms with E-state index < -0.39 is 6.04 Å². The van der Waals surface area contributed by atoms with Crippen molar-refractivity contribution in [3.8, 4) is 16.5 Å². The number of aromatic nitrogens is 1. The lowest BCUT2D eigenvalue weighted by molar-refractivity contribution is 0.194. The maximum absolute atomic E-state index is 14.1. The number of carbonyl (C=O) groups is 1. The zero-order chi connectivity index (χ0) is 26.4. The van der Waals surface area contributed by atoms with Crippen molar-refractivity contribution < 1.29 is 18.7 Å². The molecule has 4 aromatic rings. The van der Waals surface area contributed by atoms with Crippen molar-refractivity contribution in [2.75, 3.05) is 33.1 Å². The number of methoxy groups -OCH3 is 2. The quantitative estimate of drug-likeness (QED) is 0.360. The minimum Gasteiger partial charge on any atom is -0.493 e. The van der Waals surface area contributed by atoms with E-state index >= 15 is 0 Å². The van der Waals surface area contributed by atoms with Crippen LogP contribution in [0.4, 0.5) is 14.9 Å². The van der Waals surface area contributed by atoms with Crippen molar-refractivity contribution in [2.24, 2.45) is 0 Å². The first-order chi connectivity index (χ1) is 18.5. The number of nitrogens with one attached hydrogen (secondary N) is 1. The van der Waals surface area contributed by atoms with Gasteiger partial charge in [0, 0.05) is 41.5 Å². The normalized spacial score (nSPS) is 16.7. The standard InChI is InChI=1S/C29H29FN4O3S/c1-32-14-12-21-22-16-34(29(35)31-20-10-11-24(36-2)25(15-20)37-3)27(18-6-8-19(30)9-7-18)23-5-4-13-33(23)28(22)38-26(21)17-32/h4-11,13,15,27H,12,14,16-17H2,1-3H3,(H,31,35)/t27-/m1/s1. The van der Waals surface area contributed by atoms with Gasteiger partial charge in [-0.1, -0.05) is 12.1 Å². The number of hydrogen-bond donors (Lipinski definition) is 1. The van der Waals surface area contributed by atoms with Crippen LogP contribution in [0, 0.1) is 5.82 Å². The zero-order valence-corrected chi connectivity index (χ0v) is 22.3. The predicted molar refractivity (Wildman–Crippen MR) is 146 cm³/mol. The Morgan fingerprint density at radius 1 is 1.03 bits per heavy atom. The van der Waals surface area contributed by atoms with Crippen molar-refractivity contribution in [3.63, 3.8) is 0 Å². The highest BCUT2D eigenvalue weighted by Gasteiger charge is 2.36. The van der Waals surface area contributed by atoms with Gasteiger partial charge in [-0.05, 0) is 61.0 Å². The first-order valence-corrected chi connectivity index (χ1v) is 13.3. The Morgan fingerprint density at radius 3 is 2.58 bits per heavy atom. The van der Waals surface area contributed by atoms with Gasteiger partial charge >= 0.3 is 6.03 Å². The molecule has 196 valence electrons. The van der Waals surface area contributed by atoms with Crippen LogP contribution < -0.4 is 14.8 Å². The molecule has 0 unspecified atom stereocenters. The van der Waals surface area contributed by atoms with Gasteiger partial charge in [0.05, 0.1) is 32.5 Å². The monoisotopic (exact) mass is 532 g/mol. The van der Waals surface area contributed by atoms with E-state index in [1.54, 1.807) is 55.9 Å². The van der Waals surface area contributed by atoms with Gasteiger partial charge in [0.1, 0.15) is 10.8 Å². The molecule has 38 heavy (non-hydrogen) atoms. The van der Waals surface area contributed by atoms with Crippen LogP contribution in [0.1, 0.15) is 33.3 Å². The topological polar surface area (TPSA) is 59.0 Å². The number of halogens is 1. The second-order valence-electron chi connectivity index (χ2n) is 9.66. The number of amides is 2. The van der Waals surface area contributed by atoms with Gasteiger partial charge in [-0.15, -0.1) is 11.3 Å². The van der Waals surface area contributed by atoms with Crippen molar-refractivity contribution in [2.45, 2.75) is 25.6 Å². The van der Waals surface area contributed by atoms with E-state index in [-0.39, 0.29) is 11.8 Å². The first-order valence-electron chi connectivity index (χ1n) is 12.5. The third kappa shape index (κ3) is 4.21. The van der Waals surface area contributed by atoms with Gasteiger partial charge in [-0.3, -0.25) is 0 Å². The molecule has 0 saturated heterocycles. The lowest BCUT2D eigenvalue weighted by Gasteiger charge is -2.32. The third-order valence-corrected chi connectivity index (χ3v) is 8.60. The zero-order valence-electron chi connectivity index (χ0n) is 21.5. The van der Waals surface area contributed by atoms with Crippen LogP contribution in [0.15, 0.2) is 60.8 Å². The summed E-state index contributed by atoms with van der Waals surface area (Å²) < 4.78 is 26.9. The van der Waals surface area contributed by atoms with Crippen LogP contribution in [0.5, 0.6) is 11.5 Å². The largest absolute Gasteiger partial charge is 0.493 e. The summed E-state index contributed by atoms with van der Waals surface area (Å²) in [6.45, 7) is 2.32. The summed E-state index contributed by atoms with van der Waals surface area (Å²) in [5.41, 5.74) is 4.93. The summed E-state index contributed by atoms with van der Waals surface area (Å²) in [5.74, 6) is 0.807. The number of hydrogen-bond acceptors (Lipinski definition) is 5. The molecule has 2 aliphatic rings. The number of rotatable bonds is 4. The van der Waals surface area contributed by atoms with Crippen molar-refractivity contribution in [1.82, 2.24) is 14.4 Å².